The molecule has 6 nitrogen and oxygen atoms in total. The zero-order valence-corrected chi connectivity index (χ0v) is 15.1. The van der Waals surface area contributed by atoms with Crippen LogP contribution < -0.4 is 10.2 Å². The molecule has 0 radical (unpaired) electrons. The first kappa shape index (κ1) is 16.6. The molecule has 1 aliphatic heterocycles. The van der Waals surface area contributed by atoms with Crippen molar-refractivity contribution in [1.82, 2.24) is 14.4 Å². The maximum Gasteiger partial charge on any atom is 0.274 e. The highest BCUT2D eigenvalue weighted by atomic mass is 16.2. The summed E-state index contributed by atoms with van der Waals surface area (Å²) in [6.45, 7) is 6.23. The Bertz CT molecular complexity index is 923. The fourth-order valence-corrected chi connectivity index (χ4v) is 3.46. The number of rotatable bonds is 3. The lowest BCUT2D eigenvalue weighted by atomic mass is 9.99. The van der Waals surface area contributed by atoms with Crippen LogP contribution in [-0.2, 0) is 0 Å². The van der Waals surface area contributed by atoms with Gasteiger partial charge in [0.1, 0.15) is 17.2 Å². The second-order valence-corrected chi connectivity index (χ2v) is 7.00. The summed E-state index contributed by atoms with van der Waals surface area (Å²) in [4.78, 5) is 24.0. The van der Waals surface area contributed by atoms with Crippen molar-refractivity contribution >= 4 is 23.1 Å². The summed E-state index contributed by atoms with van der Waals surface area (Å²) < 4.78 is 1.81. The molecule has 1 aliphatic rings. The Morgan fingerprint density at radius 3 is 2.73 bits per heavy atom. The van der Waals surface area contributed by atoms with Gasteiger partial charge in [0.2, 0.25) is 0 Å². The van der Waals surface area contributed by atoms with Gasteiger partial charge in [0.25, 0.3) is 5.91 Å². The van der Waals surface area contributed by atoms with E-state index in [-0.39, 0.29) is 5.91 Å². The first-order valence-corrected chi connectivity index (χ1v) is 9.08. The fraction of sp³-hybridized carbons (Fsp3) is 0.350. The predicted molar refractivity (Wildman–Crippen MR) is 103 cm³/mol. The van der Waals surface area contributed by atoms with E-state index < -0.39 is 0 Å². The third kappa shape index (κ3) is 3.14. The molecular weight excluding hydrogens is 326 g/mol. The summed E-state index contributed by atoms with van der Waals surface area (Å²) in [5, 5.41) is 2.93. The average Bonchev–Trinajstić information content (AvgIpc) is 2.99. The van der Waals surface area contributed by atoms with Crippen LogP contribution in [0.25, 0.3) is 5.65 Å². The molecule has 0 spiro atoms. The van der Waals surface area contributed by atoms with Crippen LogP contribution in [0.4, 0.5) is 11.5 Å². The van der Waals surface area contributed by atoms with Crippen LogP contribution in [0.1, 0.15) is 35.9 Å². The zero-order valence-electron chi connectivity index (χ0n) is 15.1. The third-order valence-corrected chi connectivity index (χ3v) is 5.03. The molecule has 0 atom stereocenters. The number of imidazole rings is 1. The Labute approximate surface area is 152 Å². The van der Waals surface area contributed by atoms with Crippen molar-refractivity contribution < 1.29 is 4.79 Å². The van der Waals surface area contributed by atoms with Crippen molar-refractivity contribution in [3.63, 3.8) is 0 Å². The first-order chi connectivity index (χ1) is 12.6. The van der Waals surface area contributed by atoms with Crippen LogP contribution in [0.3, 0.4) is 0 Å². The normalized spacial score (nSPS) is 15.4. The fourth-order valence-electron chi connectivity index (χ4n) is 3.46. The SMILES string of the molecule is Cc1nc2ccccn2c1C(=O)Nc1ccc(N2CCC(C)CC2)nc1. The maximum absolute atomic E-state index is 12.7. The van der Waals surface area contributed by atoms with Gasteiger partial charge >= 0.3 is 0 Å². The standard InChI is InChI=1S/C20H23N5O/c1-14-8-11-24(12-9-14)17-7-6-16(13-21-17)23-20(26)19-15(2)22-18-5-3-4-10-25(18)19/h3-7,10,13-14H,8-9,11-12H2,1-2H3,(H,23,26). The highest BCUT2D eigenvalue weighted by Gasteiger charge is 2.18. The van der Waals surface area contributed by atoms with Gasteiger partial charge in [0, 0.05) is 19.3 Å². The number of carbonyl (C=O) groups is 1. The summed E-state index contributed by atoms with van der Waals surface area (Å²) in [5.41, 5.74) is 2.72. The molecule has 3 aromatic rings. The van der Waals surface area contributed by atoms with Crippen molar-refractivity contribution in [2.24, 2.45) is 5.92 Å². The lowest BCUT2D eigenvalue weighted by molar-refractivity contribution is 0.102. The predicted octanol–water partition coefficient (Wildman–Crippen LogP) is 3.53. The number of pyridine rings is 2. The molecule has 0 unspecified atom stereocenters. The summed E-state index contributed by atoms with van der Waals surface area (Å²) in [6, 6.07) is 9.58. The average molecular weight is 349 g/mol. The number of nitrogens with zero attached hydrogens (tertiary/aromatic N) is 4. The molecule has 0 saturated carbocycles. The maximum atomic E-state index is 12.7. The molecule has 0 bridgehead atoms. The second kappa shape index (κ2) is 6.78. The van der Waals surface area contributed by atoms with Gasteiger partial charge in [-0.05, 0) is 49.9 Å². The molecule has 4 rings (SSSR count). The molecule has 1 saturated heterocycles. The molecule has 26 heavy (non-hydrogen) atoms. The Balaban J connectivity index is 1.50. The van der Waals surface area contributed by atoms with Crippen molar-refractivity contribution in [2.45, 2.75) is 26.7 Å². The van der Waals surface area contributed by atoms with Crippen LogP contribution in [0.2, 0.25) is 0 Å². The number of carbonyl (C=O) groups excluding carboxylic acids is 1. The Kier molecular flexibility index (Phi) is 4.32. The van der Waals surface area contributed by atoms with E-state index in [4.69, 9.17) is 0 Å². The zero-order chi connectivity index (χ0) is 18.1. The molecule has 4 heterocycles. The van der Waals surface area contributed by atoms with Crippen LogP contribution in [0.15, 0.2) is 42.7 Å². The number of hydrogen-bond acceptors (Lipinski definition) is 4. The summed E-state index contributed by atoms with van der Waals surface area (Å²) in [7, 11) is 0. The molecule has 134 valence electrons. The third-order valence-electron chi connectivity index (χ3n) is 5.03. The van der Waals surface area contributed by atoms with Gasteiger partial charge in [-0.15, -0.1) is 0 Å². The van der Waals surface area contributed by atoms with E-state index in [1.165, 1.54) is 12.8 Å². The summed E-state index contributed by atoms with van der Waals surface area (Å²) >= 11 is 0. The molecule has 0 aliphatic carbocycles. The highest BCUT2D eigenvalue weighted by Crippen LogP contribution is 2.22. The molecule has 0 aromatic carbocycles. The van der Waals surface area contributed by atoms with Gasteiger partial charge in [-0.25, -0.2) is 9.97 Å². The molecule has 1 fully saturated rings. The van der Waals surface area contributed by atoms with Crippen LogP contribution >= 0.6 is 0 Å². The Morgan fingerprint density at radius 2 is 2.00 bits per heavy atom. The van der Waals surface area contributed by atoms with E-state index in [0.29, 0.717) is 17.1 Å². The number of hydrogen-bond donors (Lipinski definition) is 1. The van der Waals surface area contributed by atoms with Gasteiger partial charge in [0.15, 0.2) is 0 Å². The lowest BCUT2D eigenvalue weighted by Gasteiger charge is -2.31. The van der Waals surface area contributed by atoms with Gasteiger partial charge in [-0.2, -0.15) is 0 Å². The number of anilines is 2. The molecule has 1 N–H and O–H groups in total. The largest absolute Gasteiger partial charge is 0.357 e. The van der Waals surface area contributed by atoms with Crippen molar-refractivity contribution in [3.05, 3.63) is 54.1 Å². The van der Waals surface area contributed by atoms with E-state index in [1.807, 2.05) is 43.5 Å². The Hall–Kier alpha value is -2.89. The monoisotopic (exact) mass is 349 g/mol. The van der Waals surface area contributed by atoms with Gasteiger partial charge < -0.3 is 10.2 Å². The number of amides is 1. The van der Waals surface area contributed by atoms with E-state index in [9.17, 15) is 4.79 Å². The number of aryl methyl sites for hydroxylation is 1. The van der Waals surface area contributed by atoms with Gasteiger partial charge in [0.05, 0.1) is 17.6 Å². The van der Waals surface area contributed by atoms with Crippen LogP contribution in [0.5, 0.6) is 0 Å². The minimum atomic E-state index is -0.178. The van der Waals surface area contributed by atoms with Gasteiger partial charge in [-0.3, -0.25) is 9.20 Å². The molecule has 3 aromatic heterocycles. The second-order valence-electron chi connectivity index (χ2n) is 7.00. The summed E-state index contributed by atoms with van der Waals surface area (Å²) in [5.74, 6) is 1.59. The number of nitrogens with one attached hydrogen (secondary N) is 1. The van der Waals surface area contributed by atoms with E-state index in [2.05, 4.69) is 27.1 Å². The molecule has 1 amide bonds. The quantitative estimate of drug-likeness (QED) is 0.786. The molecular formula is C20H23N5O. The number of piperidine rings is 1. The molecule has 6 heteroatoms. The van der Waals surface area contributed by atoms with Crippen LogP contribution in [0, 0.1) is 12.8 Å². The van der Waals surface area contributed by atoms with Crippen molar-refractivity contribution in [3.8, 4) is 0 Å². The van der Waals surface area contributed by atoms with E-state index in [1.54, 1.807) is 10.6 Å². The van der Waals surface area contributed by atoms with E-state index >= 15 is 0 Å². The number of aromatic nitrogens is 3. The van der Waals surface area contributed by atoms with Crippen molar-refractivity contribution in [1.29, 1.82) is 0 Å². The van der Waals surface area contributed by atoms with Gasteiger partial charge in [-0.1, -0.05) is 13.0 Å². The van der Waals surface area contributed by atoms with E-state index in [0.717, 1.165) is 30.5 Å². The highest BCUT2D eigenvalue weighted by molar-refractivity contribution is 6.04. The van der Waals surface area contributed by atoms with Crippen molar-refractivity contribution in [2.75, 3.05) is 23.3 Å². The minimum Gasteiger partial charge on any atom is -0.357 e. The lowest BCUT2D eigenvalue weighted by Crippen LogP contribution is -2.33. The smallest absolute Gasteiger partial charge is 0.274 e. The Morgan fingerprint density at radius 1 is 1.19 bits per heavy atom. The number of fused-ring (bicyclic) bond motifs is 1. The first-order valence-electron chi connectivity index (χ1n) is 9.08. The summed E-state index contributed by atoms with van der Waals surface area (Å²) in [6.07, 6.45) is 5.98. The van der Waals surface area contributed by atoms with Crippen LogP contribution in [-0.4, -0.2) is 33.4 Å². The minimum absolute atomic E-state index is 0.178. The topological polar surface area (TPSA) is 62.5 Å².